The summed E-state index contributed by atoms with van der Waals surface area (Å²) >= 11 is 0. The van der Waals surface area contributed by atoms with E-state index in [1.54, 1.807) is 62.4 Å². The number of amides is 1. The minimum Gasteiger partial charge on any atom is -0.547 e. The van der Waals surface area contributed by atoms with Crippen LogP contribution in [-0.2, 0) is 9.53 Å². The molecule has 25 heavy (non-hydrogen) atoms. The number of aliphatic carboxylic acids is 1. The van der Waals surface area contributed by atoms with Crippen molar-refractivity contribution in [1.29, 1.82) is 0 Å². The standard InChI is InChI=1S/C19H19NO4.Li/c1-19(2)20(17(21)14-11-7-4-8-12-14)15(16(24-19)18(22)23)13-9-5-3-6-10-13;/h3-12,15-16H,1-2H3,(H,22,23);/q;+1/p-1/t15-,16+;/m0./s1. The molecule has 0 unspecified atom stereocenters. The van der Waals surface area contributed by atoms with Gasteiger partial charge in [-0.2, -0.15) is 0 Å². The Hall–Kier alpha value is -2.06. The molecule has 124 valence electrons. The molecule has 1 aliphatic rings. The second kappa shape index (κ2) is 7.45. The number of hydrogen-bond acceptors (Lipinski definition) is 4. The second-order valence-electron chi connectivity index (χ2n) is 6.20. The van der Waals surface area contributed by atoms with Crippen molar-refractivity contribution in [3.8, 4) is 0 Å². The predicted molar refractivity (Wildman–Crippen MR) is 85.8 cm³/mol. The Morgan fingerprint density at radius 1 is 1.00 bits per heavy atom. The van der Waals surface area contributed by atoms with Gasteiger partial charge in [0.1, 0.15) is 11.8 Å². The normalized spacial score (nSPS) is 21.4. The molecule has 2 aromatic rings. The number of carboxylic acid groups (broad SMARTS) is 1. The summed E-state index contributed by atoms with van der Waals surface area (Å²) in [4.78, 5) is 26.1. The molecular weight excluding hydrogens is 313 g/mol. The molecule has 0 spiro atoms. The van der Waals surface area contributed by atoms with Crippen LogP contribution in [-0.4, -0.2) is 28.6 Å². The first-order valence-electron chi connectivity index (χ1n) is 7.74. The van der Waals surface area contributed by atoms with E-state index >= 15 is 0 Å². The number of carbonyl (C=O) groups is 2. The molecule has 1 saturated heterocycles. The van der Waals surface area contributed by atoms with Crippen molar-refractivity contribution in [2.24, 2.45) is 0 Å². The van der Waals surface area contributed by atoms with E-state index in [-0.39, 0.29) is 24.8 Å². The number of benzene rings is 2. The third-order valence-electron chi connectivity index (χ3n) is 4.17. The molecule has 0 radical (unpaired) electrons. The maximum Gasteiger partial charge on any atom is 1.00 e. The van der Waals surface area contributed by atoms with Crippen molar-refractivity contribution < 1.29 is 38.3 Å². The van der Waals surface area contributed by atoms with Crippen LogP contribution in [0, 0.1) is 0 Å². The van der Waals surface area contributed by atoms with Gasteiger partial charge in [0.25, 0.3) is 5.91 Å². The first kappa shape index (κ1) is 19.3. The molecule has 1 amide bonds. The van der Waals surface area contributed by atoms with Crippen LogP contribution in [0.3, 0.4) is 0 Å². The van der Waals surface area contributed by atoms with E-state index in [1.165, 1.54) is 4.90 Å². The summed E-state index contributed by atoms with van der Waals surface area (Å²) in [6.07, 6.45) is -1.23. The Balaban J connectivity index is 0.00000225. The molecule has 6 heteroatoms. The Kier molecular flexibility index (Phi) is 5.74. The molecule has 0 aromatic heterocycles. The quantitative estimate of drug-likeness (QED) is 0.660. The van der Waals surface area contributed by atoms with E-state index in [2.05, 4.69) is 0 Å². The van der Waals surface area contributed by atoms with Crippen molar-refractivity contribution >= 4 is 11.9 Å². The largest absolute Gasteiger partial charge is 1.00 e. The molecule has 3 rings (SSSR count). The minimum atomic E-state index is -1.33. The molecule has 0 bridgehead atoms. The number of carboxylic acids is 1. The predicted octanol–water partition coefficient (Wildman–Crippen LogP) is -1.24. The average Bonchev–Trinajstić information content (AvgIpc) is 2.87. The fourth-order valence-corrected chi connectivity index (χ4v) is 3.14. The maximum absolute atomic E-state index is 13.0. The summed E-state index contributed by atoms with van der Waals surface area (Å²) in [6.45, 7) is 3.37. The SMILES string of the molecule is CC1(C)O[C@@H](C(=O)[O-])[C@H](c2ccccc2)N1C(=O)c1ccccc1.[Li+]. The maximum atomic E-state index is 13.0. The molecule has 5 nitrogen and oxygen atoms in total. The van der Waals surface area contributed by atoms with Gasteiger partial charge in [-0.25, -0.2) is 0 Å². The fourth-order valence-electron chi connectivity index (χ4n) is 3.14. The topological polar surface area (TPSA) is 69.7 Å². The first-order chi connectivity index (χ1) is 11.4. The summed E-state index contributed by atoms with van der Waals surface area (Å²) < 4.78 is 5.68. The zero-order valence-corrected chi connectivity index (χ0v) is 14.5. The molecule has 2 aromatic carbocycles. The average molecular weight is 331 g/mol. The number of carbonyl (C=O) groups excluding carboxylic acids is 2. The van der Waals surface area contributed by atoms with Gasteiger partial charge in [-0.3, -0.25) is 4.79 Å². The van der Waals surface area contributed by atoms with Gasteiger partial charge >= 0.3 is 18.9 Å². The van der Waals surface area contributed by atoms with Gasteiger partial charge in [-0.05, 0) is 31.5 Å². The molecule has 0 saturated carbocycles. The second-order valence-corrected chi connectivity index (χ2v) is 6.20. The van der Waals surface area contributed by atoms with Crippen LogP contribution in [0.25, 0.3) is 0 Å². The zero-order valence-electron chi connectivity index (χ0n) is 14.5. The van der Waals surface area contributed by atoms with Crippen LogP contribution in [0.15, 0.2) is 60.7 Å². The van der Waals surface area contributed by atoms with E-state index in [0.29, 0.717) is 11.1 Å². The minimum absolute atomic E-state index is 0. The smallest absolute Gasteiger partial charge is 0.547 e. The van der Waals surface area contributed by atoms with Crippen LogP contribution >= 0.6 is 0 Å². The van der Waals surface area contributed by atoms with Gasteiger partial charge in [-0.1, -0.05) is 48.5 Å². The van der Waals surface area contributed by atoms with Crippen molar-refractivity contribution in [3.63, 3.8) is 0 Å². The van der Waals surface area contributed by atoms with Gasteiger partial charge in [0.15, 0.2) is 0 Å². The van der Waals surface area contributed by atoms with Crippen LogP contribution in [0.1, 0.15) is 35.8 Å². The zero-order chi connectivity index (χ0) is 17.3. The van der Waals surface area contributed by atoms with Gasteiger partial charge in [-0.15, -0.1) is 0 Å². The molecular formula is C19H18LiNO4. The van der Waals surface area contributed by atoms with E-state index in [1.807, 2.05) is 12.1 Å². The van der Waals surface area contributed by atoms with Gasteiger partial charge in [0.2, 0.25) is 0 Å². The molecule has 0 N–H and O–H groups in total. The van der Waals surface area contributed by atoms with Gasteiger partial charge in [0.05, 0.1) is 12.0 Å². The van der Waals surface area contributed by atoms with E-state index in [0.717, 1.165) is 0 Å². The number of ether oxygens (including phenoxy) is 1. The number of rotatable bonds is 3. The van der Waals surface area contributed by atoms with E-state index in [4.69, 9.17) is 4.74 Å². The third kappa shape index (κ3) is 3.64. The summed E-state index contributed by atoms with van der Waals surface area (Å²) in [5.41, 5.74) is 0.105. The first-order valence-corrected chi connectivity index (χ1v) is 7.74. The monoisotopic (exact) mass is 331 g/mol. The van der Waals surface area contributed by atoms with Crippen LogP contribution in [0.2, 0.25) is 0 Å². The van der Waals surface area contributed by atoms with Crippen LogP contribution in [0.5, 0.6) is 0 Å². The Bertz CT molecular complexity index is 749. The third-order valence-corrected chi connectivity index (χ3v) is 4.17. The molecule has 1 heterocycles. The summed E-state index contributed by atoms with van der Waals surface area (Å²) in [5.74, 6) is -1.61. The Morgan fingerprint density at radius 2 is 1.52 bits per heavy atom. The Morgan fingerprint density at radius 3 is 2.04 bits per heavy atom. The van der Waals surface area contributed by atoms with Crippen molar-refractivity contribution in [1.82, 2.24) is 4.90 Å². The fraction of sp³-hybridized carbons (Fsp3) is 0.263. The van der Waals surface area contributed by atoms with Gasteiger partial charge < -0.3 is 19.5 Å². The summed E-state index contributed by atoms with van der Waals surface area (Å²) in [7, 11) is 0. The van der Waals surface area contributed by atoms with Gasteiger partial charge in [0, 0.05) is 5.56 Å². The van der Waals surface area contributed by atoms with E-state index < -0.39 is 23.8 Å². The summed E-state index contributed by atoms with van der Waals surface area (Å²) in [6, 6.07) is 17.0. The van der Waals surface area contributed by atoms with Crippen molar-refractivity contribution in [3.05, 3.63) is 71.8 Å². The van der Waals surface area contributed by atoms with E-state index in [9.17, 15) is 14.7 Å². The van der Waals surface area contributed by atoms with Crippen LogP contribution < -0.4 is 24.0 Å². The summed E-state index contributed by atoms with van der Waals surface area (Å²) in [5, 5.41) is 11.6. The number of nitrogens with zero attached hydrogens (tertiary/aromatic N) is 1. The number of hydrogen-bond donors (Lipinski definition) is 0. The van der Waals surface area contributed by atoms with Crippen LogP contribution in [0.4, 0.5) is 0 Å². The molecule has 2 atom stereocenters. The Labute approximate surface area is 158 Å². The van der Waals surface area contributed by atoms with Crippen molar-refractivity contribution in [2.45, 2.75) is 31.7 Å². The van der Waals surface area contributed by atoms with Crippen molar-refractivity contribution in [2.75, 3.05) is 0 Å². The molecule has 0 aliphatic carbocycles. The molecule has 1 fully saturated rings. The molecule has 1 aliphatic heterocycles.